The molecule has 0 bridgehead atoms. The first-order valence-electron chi connectivity index (χ1n) is 7.87. The number of thiophene rings is 1. The lowest BCUT2D eigenvalue weighted by Crippen LogP contribution is -2.02. The van der Waals surface area contributed by atoms with E-state index < -0.39 is 0 Å². The van der Waals surface area contributed by atoms with Gasteiger partial charge in [-0.1, -0.05) is 30.3 Å². The van der Waals surface area contributed by atoms with Crippen molar-refractivity contribution in [2.75, 3.05) is 6.61 Å². The van der Waals surface area contributed by atoms with E-state index in [1.165, 1.54) is 29.7 Å². The highest BCUT2D eigenvalue weighted by Gasteiger charge is 2.22. The van der Waals surface area contributed by atoms with Crippen molar-refractivity contribution < 1.29 is 4.74 Å². The van der Waals surface area contributed by atoms with Gasteiger partial charge in [-0.2, -0.15) is 4.98 Å². The molecule has 0 saturated carbocycles. The molecular weight excluding hydrogens is 292 g/mol. The lowest BCUT2D eigenvalue weighted by atomic mass is 9.97. The van der Waals surface area contributed by atoms with Gasteiger partial charge in [0.15, 0.2) is 5.82 Å². The van der Waals surface area contributed by atoms with E-state index in [4.69, 9.17) is 14.7 Å². The lowest BCUT2D eigenvalue weighted by Gasteiger charge is -2.12. The second kappa shape index (κ2) is 5.69. The molecule has 0 N–H and O–H groups in total. The van der Waals surface area contributed by atoms with Gasteiger partial charge < -0.3 is 4.74 Å². The minimum atomic E-state index is 0.630. The Hall–Kier alpha value is -1.94. The summed E-state index contributed by atoms with van der Waals surface area (Å²) >= 11 is 1.82. The van der Waals surface area contributed by atoms with Crippen LogP contribution < -0.4 is 4.74 Å². The van der Waals surface area contributed by atoms with Crippen LogP contribution in [0.25, 0.3) is 21.6 Å². The number of nitrogens with zero attached hydrogens (tertiary/aromatic N) is 2. The zero-order chi connectivity index (χ0) is 14.9. The predicted octanol–water partition coefficient (Wildman–Crippen LogP) is 4.64. The van der Waals surface area contributed by atoms with Crippen LogP contribution in [0.5, 0.6) is 5.88 Å². The summed E-state index contributed by atoms with van der Waals surface area (Å²) in [6, 6.07) is 10.1. The first-order valence-corrected chi connectivity index (χ1v) is 8.69. The second-order valence-electron chi connectivity index (χ2n) is 5.54. The van der Waals surface area contributed by atoms with Crippen LogP contribution in [-0.2, 0) is 12.8 Å². The van der Waals surface area contributed by atoms with Gasteiger partial charge in [-0.25, -0.2) is 4.98 Å². The summed E-state index contributed by atoms with van der Waals surface area (Å²) < 4.78 is 5.86. The van der Waals surface area contributed by atoms with Crippen molar-refractivity contribution in [2.45, 2.75) is 32.6 Å². The number of aryl methyl sites for hydroxylation is 2. The molecule has 2 aromatic heterocycles. The molecule has 0 unspecified atom stereocenters. The molecule has 1 aliphatic rings. The van der Waals surface area contributed by atoms with Crippen LogP contribution in [0, 0.1) is 0 Å². The molecule has 0 atom stereocenters. The third-order valence-corrected chi connectivity index (χ3v) is 5.28. The van der Waals surface area contributed by atoms with Gasteiger partial charge in [0, 0.05) is 10.4 Å². The van der Waals surface area contributed by atoms with Crippen LogP contribution in [-0.4, -0.2) is 16.6 Å². The fraction of sp³-hybridized carbons (Fsp3) is 0.333. The van der Waals surface area contributed by atoms with Gasteiger partial charge in [-0.05, 0) is 38.2 Å². The molecule has 0 amide bonds. The van der Waals surface area contributed by atoms with Crippen molar-refractivity contribution in [3.8, 4) is 17.3 Å². The Morgan fingerprint density at radius 2 is 1.91 bits per heavy atom. The van der Waals surface area contributed by atoms with Crippen LogP contribution in [0.1, 0.15) is 30.2 Å². The Morgan fingerprint density at radius 1 is 1.09 bits per heavy atom. The minimum Gasteiger partial charge on any atom is -0.477 e. The first-order chi connectivity index (χ1) is 10.9. The molecule has 0 aliphatic heterocycles. The van der Waals surface area contributed by atoms with E-state index in [1.807, 2.05) is 48.6 Å². The smallest absolute Gasteiger partial charge is 0.226 e. The van der Waals surface area contributed by atoms with E-state index in [0.717, 1.165) is 33.9 Å². The van der Waals surface area contributed by atoms with Crippen LogP contribution in [0.2, 0.25) is 0 Å². The molecule has 4 rings (SSSR count). The molecule has 3 aromatic rings. The fourth-order valence-corrected chi connectivity index (χ4v) is 4.33. The summed E-state index contributed by atoms with van der Waals surface area (Å²) in [5.41, 5.74) is 2.46. The van der Waals surface area contributed by atoms with Crippen LogP contribution in [0.4, 0.5) is 0 Å². The number of fused-ring (bicyclic) bond motifs is 3. The average Bonchev–Trinajstić information content (AvgIpc) is 2.94. The third-order valence-electron chi connectivity index (χ3n) is 4.09. The van der Waals surface area contributed by atoms with E-state index in [0.29, 0.717) is 6.61 Å². The summed E-state index contributed by atoms with van der Waals surface area (Å²) in [6.07, 6.45) is 4.83. The van der Waals surface area contributed by atoms with Gasteiger partial charge in [0.1, 0.15) is 4.83 Å². The molecule has 22 heavy (non-hydrogen) atoms. The normalized spacial score (nSPS) is 14.0. The molecule has 4 heteroatoms. The van der Waals surface area contributed by atoms with Gasteiger partial charge in [0.25, 0.3) is 0 Å². The summed E-state index contributed by atoms with van der Waals surface area (Å²) in [4.78, 5) is 12.1. The van der Waals surface area contributed by atoms with Crippen LogP contribution in [0.15, 0.2) is 30.3 Å². The van der Waals surface area contributed by atoms with Crippen molar-refractivity contribution in [2.24, 2.45) is 0 Å². The topological polar surface area (TPSA) is 35.0 Å². The number of rotatable bonds is 3. The SMILES string of the molecule is CCOc1nc(-c2ccccc2)nc2sc3c(c12)CCCC3. The number of ether oxygens (including phenoxy) is 1. The summed E-state index contributed by atoms with van der Waals surface area (Å²) in [5.74, 6) is 1.51. The van der Waals surface area contributed by atoms with Crippen molar-refractivity contribution in [3.63, 3.8) is 0 Å². The maximum absolute atomic E-state index is 5.86. The zero-order valence-electron chi connectivity index (χ0n) is 12.6. The molecule has 112 valence electrons. The van der Waals surface area contributed by atoms with Crippen LogP contribution in [0.3, 0.4) is 0 Å². The summed E-state index contributed by atoms with van der Waals surface area (Å²) in [7, 11) is 0. The van der Waals surface area contributed by atoms with Gasteiger partial charge in [0.05, 0.1) is 12.0 Å². The largest absolute Gasteiger partial charge is 0.477 e. The molecule has 2 heterocycles. The average molecular weight is 310 g/mol. The molecule has 1 aromatic carbocycles. The predicted molar refractivity (Wildman–Crippen MR) is 90.7 cm³/mol. The summed E-state index contributed by atoms with van der Waals surface area (Å²) in [5, 5.41) is 1.15. The Balaban J connectivity index is 1.95. The molecule has 1 aliphatic carbocycles. The number of benzene rings is 1. The number of hydrogen-bond donors (Lipinski definition) is 0. The van der Waals surface area contributed by atoms with E-state index in [-0.39, 0.29) is 0 Å². The number of aromatic nitrogens is 2. The standard InChI is InChI=1S/C18H18N2OS/c1-2-21-17-15-13-10-6-7-11-14(13)22-18(15)20-16(19-17)12-8-4-3-5-9-12/h3-5,8-9H,2,6-7,10-11H2,1H3. The second-order valence-corrected chi connectivity index (χ2v) is 6.63. The van der Waals surface area contributed by atoms with E-state index in [1.54, 1.807) is 0 Å². The van der Waals surface area contributed by atoms with E-state index >= 15 is 0 Å². The Bertz CT molecular complexity index is 811. The monoisotopic (exact) mass is 310 g/mol. The first kappa shape index (κ1) is 13.7. The Morgan fingerprint density at radius 3 is 2.73 bits per heavy atom. The molecule has 3 nitrogen and oxygen atoms in total. The highest BCUT2D eigenvalue weighted by Crippen LogP contribution is 2.40. The highest BCUT2D eigenvalue weighted by molar-refractivity contribution is 7.18. The van der Waals surface area contributed by atoms with Crippen molar-refractivity contribution in [1.82, 2.24) is 9.97 Å². The molecule has 0 fully saturated rings. The highest BCUT2D eigenvalue weighted by atomic mass is 32.1. The maximum Gasteiger partial charge on any atom is 0.226 e. The van der Waals surface area contributed by atoms with Gasteiger partial charge in [0.2, 0.25) is 5.88 Å². The maximum atomic E-state index is 5.86. The zero-order valence-corrected chi connectivity index (χ0v) is 13.4. The van der Waals surface area contributed by atoms with E-state index in [9.17, 15) is 0 Å². The van der Waals surface area contributed by atoms with Gasteiger partial charge >= 0.3 is 0 Å². The van der Waals surface area contributed by atoms with Crippen molar-refractivity contribution >= 4 is 21.6 Å². The Labute approximate surface area is 134 Å². The van der Waals surface area contributed by atoms with E-state index in [2.05, 4.69) is 0 Å². The fourth-order valence-electron chi connectivity index (χ4n) is 3.08. The lowest BCUT2D eigenvalue weighted by molar-refractivity contribution is 0.331. The molecule has 0 radical (unpaired) electrons. The minimum absolute atomic E-state index is 0.630. The molecular formula is C18H18N2OS. The summed E-state index contributed by atoms with van der Waals surface area (Å²) in [6.45, 7) is 2.64. The van der Waals surface area contributed by atoms with Crippen molar-refractivity contribution in [3.05, 3.63) is 40.8 Å². The quantitative estimate of drug-likeness (QED) is 0.707. The third kappa shape index (κ3) is 2.28. The van der Waals surface area contributed by atoms with Crippen molar-refractivity contribution in [1.29, 1.82) is 0 Å². The Kier molecular flexibility index (Phi) is 3.54. The van der Waals surface area contributed by atoms with Gasteiger partial charge in [-0.3, -0.25) is 0 Å². The molecule has 0 saturated heterocycles. The van der Waals surface area contributed by atoms with Gasteiger partial charge in [-0.15, -0.1) is 11.3 Å². The molecule has 0 spiro atoms. The number of hydrogen-bond acceptors (Lipinski definition) is 4. The van der Waals surface area contributed by atoms with Crippen LogP contribution >= 0.6 is 11.3 Å².